The van der Waals surface area contributed by atoms with E-state index < -0.39 is 0 Å². The van der Waals surface area contributed by atoms with Crippen LogP contribution in [0.25, 0.3) is 5.52 Å². The van der Waals surface area contributed by atoms with E-state index in [0.29, 0.717) is 17.4 Å². The maximum Gasteiger partial charge on any atom is 0.151 e. The molecule has 108 valence electrons. The highest BCUT2D eigenvalue weighted by Crippen LogP contribution is 2.24. The Balaban J connectivity index is 1.89. The number of fused-ring (bicyclic) bond motifs is 1. The first-order valence-corrected chi connectivity index (χ1v) is 7.14. The highest BCUT2D eigenvalue weighted by Gasteiger charge is 2.11. The van der Waals surface area contributed by atoms with Crippen molar-refractivity contribution in [1.29, 1.82) is 0 Å². The number of para-hydroxylation sites is 1. The van der Waals surface area contributed by atoms with E-state index in [4.69, 9.17) is 16.3 Å². The fraction of sp³-hybridized carbons (Fsp3) is 0.188. The summed E-state index contributed by atoms with van der Waals surface area (Å²) in [7, 11) is 1.91. The second-order valence-corrected chi connectivity index (χ2v) is 5.09. The molecule has 0 saturated carbocycles. The average Bonchev–Trinajstić information content (AvgIpc) is 2.85. The Labute approximate surface area is 128 Å². The van der Waals surface area contributed by atoms with E-state index in [1.54, 1.807) is 0 Å². The number of pyridine rings is 1. The molecular weight excluding hydrogens is 286 g/mol. The summed E-state index contributed by atoms with van der Waals surface area (Å²) in [5.41, 5.74) is 2.10. The van der Waals surface area contributed by atoms with Gasteiger partial charge in [0, 0.05) is 12.7 Å². The van der Waals surface area contributed by atoms with Crippen LogP contribution in [0.2, 0.25) is 5.02 Å². The first-order chi connectivity index (χ1) is 10.3. The molecule has 2 heterocycles. The first-order valence-electron chi connectivity index (χ1n) is 6.76. The van der Waals surface area contributed by atoms with Gasteiger partial charge in [0.1, 0.15) is 12.4 Å². The maximum atomic E-state index is 6.10. The number of aromatic nitrogens is 2. The standard InChI is InChI=1S/C16H16ClN3O/c1-18-10-13-14-7-4-5-9-20(14)16(19-13)11-21-15-8-3-2-6-12(15)17/h2-9,18H,10-11H2,1H3. The lowest BCUT2D eigenvalue weighted by Crippen LogP contribution is -2.06. The molecule has 0 saturated heterocycles. The molecule has 2 aromatic heterocycles. The number of nitrogens with one attached hydrogen (secondary N) is 1. The van der Waals surface area contributed by atoms with Crippen molar-refractivity contribution in [3.05, 3.63) is 65.2 Å². The fourth-order valence-corrected chi connectivity index (χ4v) is 2.46. The molecule has 3 rings (SSSR count). The van der Waals surface area contributed by atoms with Gasteiger partial charge < -0.3 is 14.5 Å². The molecule has 0 fully saturated rings. The lowest BCUT2D eigenvalue weighted by molar-refractivity contribution is 0.295. The van der Waals surface area contributed by atoms with Gasteiger partial charge >= 0.3 is 0 Å². The summed E-state index contributed by atoms with van der Waals surface area (Å²) < 4.78 is 7.83. The third-order valence-electron chi connectivity index (χ3n) is 3.24. The van der Waals surface area contributed by atoms with Crippen LogP contribution < -0.4 is 10.1 Å². The molecule has 0 aliphatic carbocycles. The number of hydrogen-bond acceptors (Lipinski definition) is 3. The van der Waals surface area contributed by atoms with Crippen molar-refractivity contribution < 1.29 is 4.74 Å². The zero-order valence-corrected chi connectivity index (χ0v) is 12.5. The number of nitrogens with zero attached hydrogens (tertiary/aromatic N) is 2. The molecule has 1 aromatic carbocycles. The molecule has 0 spiro atoms. The van der Waals surface area contributed by atoms with Gasteiger partial charge in [-0.3, -0.25) is 0 Å². The number of imidazole rings is 1. The summed E-state index contributed by atoms with van der Waals surface area (Å²) in [6.07, 6.45) is 1.99. The molecule has 0 atom stereocenters. The molecule has 3 aromatic rings. The molecule has 4 nitrogen and oxygen atoms in total. The van der Waals surface area contributed by atoms with Crippen LogP contribution in [0, 0.1) is 0 Å². The molecule has 0 aliphatic rings. The van der Waals surface area contributed by atoms with Crippen molar-refractivity contribution in [2.75, 3.05) is 7.05 Å². The van der Waals surface area contributed by atoms with Crippen LogP contribution in [0.3, 0.4) is 0 Å². The van der Waals surface area contributed by atoms with E-state index in [1.165, 1.54) is 0 Å². The minimum absolute atomic E-state index is 0.374. The number of rotatable bonds is 5. The Bertz CT molecular complexity index is 754. The minimum Gasteiger partial charge on any atom is -0.484 e. The van der Waals surface area contributed by atoms with Gasteiger partial charge in [-0.25, -0.2) is 4.98 Å². The van der Waals surface area contributed by atoms with Crippen molar-refractivity contribution >= 4 is 17.1 Å². The van der Waals surface area contributed by atoms with Crippen molar-refractivity contribution in [2.24, 2.45) is 0 Å². The summed E-state index contributed by atoms with van der Waals surface area (Å²) in [5.74, 6) is 1.53. The monoisotopic (exact) mass is 301 g/mol. The van der Waals surface area contributed by atoms with Crippen molar-refractivity contribution in [1.82, 2.24) is 14.7 Å². The van der Waals surface area contributed by atoms with Crippen LogP contribution in [0.1, 0.15) is 11.5 Å². The summed E-state index contributed by atoms with van der Waals surface area (Å²) in [5, 5.41) is 3.74. The predicted octanol–water partition coefficient (Wildman–Crippen LogP) is 3.29. The van der Waals surface area contributed by atoms with Crippen LogP contribution in [0.4, 0.5) is 0 Å². The quantitative estimate of drug-likeness (QED) is 0.786. The van der Waals surface area contributed by atoms with Crippen molar-refractivity contribution in [3.8, 4) is 5.75 Å². The third kappa shape index (κ3) is 2.86. The SMILES string of the molecule is CNCc1nc(COc2ccccc2Cl)n2ccccc12. The van der Waals surface area contributed by atoms with Gasteiger partial charge in [0.05, 0.1) is 16.2 Å². The molecular formula is C16H16ClN3O. The molecule has 21 heavy (non-hydrogen) atoms. The smallest absolute Gasteiger partial charge is 0.151 e. The topological polar surface area (TPSA) is 38.6 Å². The van der Waals surface area contributed by atoms with Gasteiger partial charge in [0.25, 0.3) is 0 Å². The molecule has 1 N–H and O–H groups in total. The second kappa shape index (κ2) is 6.16. The van der Waals surface area contributed by atoms with Gasteiger partial charge in [0.2, 0.25) is 0 Å². The van der Waals surface area contributed by atoms with E-state index >= 15 is 0 Å². The normalized spacial score (nSPS) is 11.0. The highest BCUT2D eigenvalue weighted by molar-refractivity contribution is 6.32. The fourth-order valence-electron chi connectivity index (χ4n) is 2.27. The third-order valence-corrected chi connectivity index (χ3v) is 3.55. The van der Waals surface area contributed by atoms with Crippen LogP contribution in [-0.4, -0.2) is 16.4 Å². The Morgan fingerprint density at radius 2 is 2.00 bits per heavy atom. The average molecular weight is 302 g/mol. The van der Waals surface area contributed by atoms with Crippen LogP contribution in [0.15, 0.2) is 48.7 Å². The van der Waals surface area contributed by atoms with E-state index in [1.807, 2.05) is 54.0 Å². The van der Waals surface area contributed by atoms with Gasteiger partial charge in [-0.1, -0.05) is 29.8 Å². The number of hydrogen-bond donors (Lipinski definition) is 1. The maximum absolute atomic E-state index is 6.10. The largest absolute Gasteiger partial charge is 0.484 e. The molecule has 0 unspecified atom stereocenters. The highest BCUT2D eigenvalue weighted by atomic mass is 35.5. The lowest BCUT2D eigenvalue weighted by Gasteiger charge is -2.06. The zero-order valence-electron chi connectivity index (χ0n) is 11.7. The van der Waals surface area contributed by atoms with Crippen LogP contribution >= 0.6 is 11.6 Å². The van der Waals surface area contributed by atoms with Gasteiger partial charge in [-0.15, -0.1) is 0 Å². The first kappa shape index (κ1) is 13.9. The van der Waals surface area contributed by atoms with Crippen LogP contribution in [-0.2, 0) is 13.2 Å². The predicted molar refractivity (Wildman–Crippen MR) is 83.7 cm³/mol. The Morgan fingerprint density at radius 3 is 2.81 bits per heavy atom. The Kier molecular flexibility index (Phi) is 4.08. The van der Waals surface area contributed by atoms with E-state index in [0.717, 1.165) is 23.6 Å². The number of ether oxygens (including phenoxy) is 1. The summed E-state index contributed by atoms with van der Waals surface area (Å²) in [6.45, 7) is 1.10. The minimum atomic E-state index is 0.374. The van der Waals surface area contributed by atoms with Gasteiger partial charge in [0.15, 0.2) is 5.82 Å². The lowest BCUT2D eigenvalue weighted by atomic mass is 10.3. The second-order valence-electron chi connectivity index (χ2n) is 4.68. The Hall–Kier alpha value is -2.04. The van der Waals surface area contributed by atoms with Crippen molar-refractivity contribution in [2.45, 2.75) is 13.2 Å². The zero-order chi connectivity index (χ0) is 14.7. The van der Waals surface area contributed by atoms with Crippen molar-refractivity contribution in [3.63, 3.8) is 0 Å². The Morgan fingerprint density at radius 1 is 1.19 bits per heavy atom. The van der Waals surface area contributed by atoms with Gasteiger partial charge in [-0.2, -0.15) is 0 Å². The molecule has 0 bridgehead atoms. The van der Waals surface area contributed by atoms with E-state index in [9.17, 15) is 0 Å². The molecule has 5 heteroatoms. The molecule has 0 amide bonds. The number of benzene rings is 1. The molecule has 0 radical (unpaired) electrons. The summed E-state index contributed by atoms with van der Waals surface area (Å²) in [6, 6.07) is 13.5. The van der Waals surface area contributed by atoms with Crippen LogP contribution in [0.5, 0.6) is 5.75 Å². The van der Waals surface area contributed by atoms with E-state index in [-0.39, 0.29) is 0 Å². The molecule has 0 aliphatic heterocycles. The van der Waals surface area contributed by atoms with E-state index in [2.05, 4.69) is 16.4 Å². The summed E-state index contributed by atoms with van der Waals surface area (Å²) >= 11 is 6.10. The number of halogens is 1. The summed E-state index contributed by atoms with van der Waals surface area (Å²) in [4.78, 5) is 4.66. The van der Waals surface area contributed by atoms with Gasteiger partial charge in [-0.05, 0) is 31.3 Å².